The summed E-state index contributed by atoms with van der Waals surface area (Å²) >= 11 is -0.0765. The van der Waals surface area contributed by atoms with Crippen LogP contribution in [0.3, 0.4) is 0 Å². The highest BCUT2D eigenvalue weighted by molar-refractivity contribution is 8.00. The van der Waals surface area contributed by atoms with Crippen molar-refractivity contribution in [3.8, 4) is 0 Å². The second kappa shape index (κ2) is 6.68. The molecule has 1 aromatic carbocycles. The Labute approximate surface area is 121 Å². The van der Waals surface area contributed by atoms with E-state index in [4.69, 9.17) is 0 Å². The van der Waals surface area contributed by atoms with Crippen LogP contribution in [0.15, 0.2) is 34.7 Å². The van der Waals surface area contributed by atoms with Crippen LogP contribution in [0.1, 0.15) is 31.7 Å². The van der Waals surface area contributed by atoms with E-state index in [1.165, 1.54) is 30.5 Å². The van der Waals surface area contributed by atoms with Crippen LogP contribution in [0.5, 0.6) is 0 Å². The molecule has 1 fully saturated rings. The molecule has 5 heteroatoms. The van der Waals surface area contributed by atoms with Gasteiger partial charge in [-0.25, -0.2) is 0 Å². The molecule has 1 aromatic rings. The van der Waals surface area contributed by atoms with Gasteiger partial charge in [0.05, 0.1) is 0 Å². The van der Waals surface area contributed by atoms with Crippen molar-refractivity contribution in [2.24, 2.45) is 0 Å². The van der Waals surface area contributed by atoms with Crippen molar-refractivity contribution in [2.75, 3.05) is 6.54 Å². The highest BCUT2D eigenvalue weighted by atomic mass is 32.2. The van der Waals surface area contributed by atoms with Gasteiger partial charge in [-0.15, -0.1) is 0 Å². The van der Waals surface area contributed by atoms with Crippen molar-refractivity contribution in [2.45, 2.75) is 42.6 Å². The predicted molar refractivity (Wildman–Crippen MR) is 77.6 cm³/mol. The smallest absolute Gasteiger partial charge is 0.310 e. The summed E-state index contributed by atoms with van der Waals surface area (Å²) in [4.78, 5) is 0.226. The topological polar surface area (TPSA) is 12.0 Å². The number of nitrogens with one attached hydrogen (secondary N) is 1. The lowest BCUT2D eigenvalue weighted by Gasteiger charge is -2.08. The molecule has 1 aliphatic carbocycles. The molecule has 1 saturated carbocycles. The summed E-state index contributed by atoms with van der Waals surface area (Å²) in [5.41, 5.74) is -2.00. The van der Waals surface area contributed by atoms with E-state index < -0.39 is 5.51 Å². The van der Waals surface area contributed by atoms with Gasteiger partial charge in [0.2, 0.25) is 0 Å². The number of halogens is 3. The minimum Gasteiger partial charge on any atom is -0.310 e. The monoisotopic (exact) mass is 301 g/mol. The van der Waals surface area contributed by atoms with Gasteiger partial charge in [-0.1, -0.05) is 30.7 Å². The van der Waals surface area contributed by atoms with Crippen molar-refractivity contribution in [1.82, 2.24) is 5.32 Å². The Morgan fingerprint density at radius 3 is 2.45 bits per heavy atom. The fourth-order valence-corrected chi connectivity index (χ4v) is 2.38. The molecule has 2 rings (SSSR count). The average Bonchev–Trinajstić information content (AvgIpc) is 3.19. The number of hydrogen-bond donors (Lipinski definition) is 1. The van der Waals surface area contributed by atoms with E-state index in [9.17, 15) is 13.2 Å². The highest BCUT2D eigenvalue weighted by Crippen LogP contribution is 2.36. The van der Waals surface area contributed by atoms with Gasteiger partial charge < -0.3 is 5.32 Å². The minimum absolute atomic E-state index is 0.0765. The van der Waals surface area contributed by atoms with Crippen LogP contribution in [-0.2, 0) is 0 Å². The predicted octanol–water partition coefficient (Wildman–Crippen LogP) is 4.84. The van der Waals surface area contributed by atoms with Crippen LogP contribution in [0, 0.1) is 0 Å². The first-order chi connectivity index (χ1) is 9.46. The average molecular weight is 301 g/mol. The molecule has 0 amide bonds. The number of rotatable bonds is 6. The Kier molecular flexibility index (Phi) is 5.16. The number of alkyl halides is 3. The van der Waals surface area contributed by atoms with Gasteiger partial charge in [0.1, 0.15) is 0 Å². The summed E-state index contributed by atoms with van der Waals surface area (Å²) in [6, 6.07) is 7.18. The van der Waals surface area contributed by atoms with Gasteiger partial charge >= 0.3 is 5.51 Å². The molecule has 20 heavy (non-hydrogen) atoms. The molecule has 1 N–H and O–H groups in total. The fourth-order valence-electron chi connectivity index (χ4n) is 1.84. The molecule has 0 aromatic heterocycles. The zero-order valence-electron chi connectivity index (χ0n) is 11.3. The summed E-state index contributed by atoms with van der Waals surface area (Å²) in [5.74, 6) is 0. The number of hydrogen-bond acceptors (Lipinski definition) is 2. The fraction of sp³-hybridized carbons (Fsp3) is 0.467. The molecule has 0 radical (unpaired) electrons. The standard InChI is InChI=1S/C15H18F3NS/c1-2-11(10-19-13-5-6-13)9-12-3-7-14(8-4-12)20-15(16,17)18/h3-4,7-9,13,19H,2,5-6,10H2,1H3. The molecule has 0 spiro atoms. The van der Waals surface area contributed by atoms with E-state index in [2.05, 4.69) is 18.3 Å². The molecular weight excluding hydrogens is 283 g/mol. The third-order valence-corrected chi connectivity index (χ3v) is 3.87. The van der Waals surface area contributed by atoms with Crippen LogP contribution in [-0.4, -0.2) is 18.1 Å². The first-order valence-corrected chi connectivity index (χ1v) is 7.56. The lowest BCUT2D eigenvalue weighted by atomic mass is 10.1. The zero-order valence-corrected chi connectivity index (χ0v) is 12.2. The van der Waals surface area contributed by atoms with Crippen molar-refractivity contribution in [3.63, 3.8) is 0 Å². The van der Waals surface area contributed by atoms with Gasteiger partial charge in [0.25, 0.3) is 0 Å². The molecule has 0 heterocycles. The van der Waals surface area contributed by atoms with Crippen molar-refractivity contribution in [1.29, 1.82) is 0 Å². The Morgan fingerprint density at radius 2 is 1.95 bits per heavy atom. The third-order valence-electron chi connectivity index (χ3n) is 3.13. The molecule has 1 nitrogen and oxygen atoms in total. The van der Waals surface area contributed by atoms with Crippen LogP contribution in [0.2, 0.25) is 0 Å². The molecule has 1 aliphatic rings. The van der Waals surface area contributed by atoms with Gasteiger partial charge in [-0.05, 0) is 48.7 Å². The first kappa shape index (κ1) is 15.4. The van der Waals surface area contributed by atoms with Gasteiger partial charge in [0.15, 0.2) is 0 Å². The number of thioether (sulfide) groups is 1. The van der Waals surface area contributed by atoms with Gasteiger partial charge in [-0.2, -0.15) is 13.2 Å². The molecule has 0 bridgehead atoms. The van der Waals surface area contributed by atoms with E-state index in [0.717, 1.165) is 18.5 Å². The van der Waals surface area contributed by atoms with Gasteiger partial charge in [-0.3, -0.25) is 0 Å². The maximum atomic E-state index is 12.2. The van der Waals surface area contributed by atoms with E-state index >= 15 is 0 Å². The maximum Gasteiger partial charge on any atom is 0.446 e. The lowest BCUT2D eigenvalue weighted by Crippen LogP contribution is -2.18. The quantitative estimate of drug-likeness (QED) is 0.754. The van der Waals surface area contributed by atoms with E-state index in [1.807, 2.05) is 0 Å². The summed E-state index contributed by atoms with van der Waals surface area (Å²) in [6.45, 7) is 2.95. The molecule has 0 atom stereocenters. The van der Waals surface area contributed by atoms with Crippen molar-refractivity contribution in [3.05, 3.63) is 35.4 Å². The lowest BCUT2D eigenvalue weighted by molar-refractivity contribution is -0.0328. The summed E-state index contributed by atoms with van der Waals surface area (Å²) < 4.78 is 36.7. The second-order valence-corrected chi connectivity index (χ2v) is 6.07. The van der Waals surface area contributed by atoms with Crippen LogP contribution in [0.25, 0.3) is 6.08 Å². The summed E-state index contributed by atoms with van der Waals surface area (Å²) in [7, 11) is 0. The Balaban J connectivity index is 1.96. The molecule has 0 unspecified atom stereocenters. The Morgan fingerprint density at radius 1 is 1.30 bits per heavy atom. The maximum absolute atomic E-state index is 12.2. The molecule has 110 valence electrons. The first-order valence-electron chi connectivity index (χ1n) is 6.75. The van der Waals surface area contributed by atoms with E-state index in [1.54, 1.807) is 12.1 Å². The number of benzene rings is 1. The SMILES string of the molecule is CCC(=Cc1ccc(SC(F)(F)F)cc1)CNC1CC1. The van der Waals surface area contributed by atoms with E-state index in [0.29, 0.717) is 6.04 Å². The molecular formula is C15H18F3NS. The van der Waals surface area contributed by atoms with Gasteiger partial charge in [0, 0.05) is 17.5 Å². The highest BCUT2D eigenvalue weighted by Gasteiger charge is 2.28. The Bertz CT molecular complexity index is 461. The van der Waals surface area contributed by atoms with Crippen molar-refractivity contribution < 1.29 is 13.2 Å². The normalized spacial score (nSPS) is 16.5. The summed E-state index contributed by atoms with van der Waals surface area (Å²) in [5, 5.41) is 3.45. The van der Waals surface area contributed by atoms with Crippen LogP contribution >= 0.6 is 11.8 Å². The van der Waals surface area contributed by atoms with Crippen LogP contribution in [0.4, 0.5) is 13.2 Å². The molecule has 0 aliphatic heterocycles. The summed E-state index contributed by atoms with van der Waals surface area (Å²) in [6.07, 6.45) is 5.50. The largest absolute Gasteiger partial charge is 0.446 e. The zero-order chi connectivity index (χ0) is 14.6. The molecule has 0 saturated heterocycles. The van der Waals surface area contributed by atoms with Crippen LogP contribution < -0.4 is 5.32 Å². The Hall–Kier alpha value is -0.940. The van der Waals surface area contributed by atoms with Crippen molar-refractivity contribution >= 4 is 17.8 Å². The minimum atomic E-state index is -4.22. The van der Waals surface area contributed by atoms with E-state index in [-0.39, 0.29) is 16.7 Å². The third kappa shape index (κ3) is 5.59. The second-order valence-electron chi connectivity index (χ2n) is 4.93.